The fourth-order valence-electron chi connectivity index (χ4n) is 3.78. The summed E-state index contributed by atoms with van der Waals surface area (Å²) in [4.78, 5) is 32.9. The summed E-state index contributed by atoms with van der Waals surface area (Å²) in [7, 11) is 0. The molecule has 0 fully saturated rings. The molecule has 6 heteroatoms. The fraction of sp³-hybridized carbons (Fsp3) is 0.435. The molecule has 29 heavy (non-hydrogen) atoms. The number of fused-ring (bicyclic) bond motifs is 1. The van der Waals surface area contributed by atoms with E-state index in [0.717, 1.165) is 62.1 Å². The van der Waals surface area contributed by atoms with Gasteiger partial charge in [0.2, 0.25) is 11.8 Å². The first-order valence-corrected chi connectivity index (χ1v) is 10.4. The first-order valence-electron chi connectivity index (χ1n) is 10.4. The molecule has 0 bridgehead atoms. The van der Waals surface area contributed by atoms with Crippen molar-refractivity contribution < 1.29 is 9.59 Å². The molecule has 1 aromatic heterocycles. The van der Waals surface area contributed by atoms with Crippen LogP contribution < -0.4 is 10.2 Å². The van der Waals surface area contributed by atoms with Gasteiger partial charge in [0, 0.05) is 43.8 Å². The third-order valence-electron chi connectivity index (χ3n) is 5.24. The predicted molar refractivity (Wildman–Crippen MR) is 116 cm³/mol. The van der Waals surface area contributed by atoms with Crippen molar-refractivity contribution in [3.63, 3.8) is 0 Å². The Kier molecular flexibility index (Phi) is 7.76. The lowest BCUT2D eigenvalue weighted by molar-refractivity contribution is -0.118. The average Bonchev–Trinajstić information content (AvgIpc) is 2.70. The van der Waals surface area contributed by atoms with Gasteiger partial charge in [0.05, 0.1) is 6.54 Å². The molecule has 0 radical (unpaired) electrons. The van der Waals surface area contributed by atoms with Crippen LogP contribution >= 0.6 is 0 Å². The van der Waals surface area contributed by atoms with Crippen LogP contribution in [0.15, 0.2) is 48.8 Å². The Bertz CT molecular complexity index is 810. The first-order chi connectivity index (χ1) is 14.1. The average molecular weight is 395 g/mol. The highest BCUT2D eigenvalue weighted by Gasteiger charge is 2.19. The summed E-state index contributed by atoms with van der Waals surface area (Å²) >= 11 is 0. The molecular weight excluding hydrogens is 364 g/mol. The summed E-state index contributed by atoms with van der Waals surface area (Å²) in [6.45, 7) is 4.19. The van der Waals surface area contributed by atoms with Crippen LogP contribution in [0.5, 0.6) is 0 Å². The Balaban J connectivity index is 1.77. The van der Waals surface area contributed by atoms with Gasteiger partial charge in [0.25, 0.3) is 0 Å². The lowest BCUT2D eigenvalue weighted by atomic mass is 10.1. The SMILES string of the molecule is CC(=O)N1CCCCCCCN(CC(=O)Nc2ccncc2)Cc2ccccc21. The second-order valence-electron chi connectivity index (χ2n) is 7.56. The van der Waals surface area contributed by atoms with Crippen LogP contribution in [-0.2, 0) is 16.1 Å². The number of benzene rings is 1. The Hall–Kier alpha value is -2.73. The highest BCUT2D eigenvalue weighted by atomic mass is 16.2. The maximum atomic E-state index is 12.6. The van der Waals surface area contributed by atoms with Crippen LogP contribution in [-0.4, -0.2) is 41.3 Å². The number of hydrogen-bond donors (Lipinski definition) is 1. The number of carbonyl (C=O) groups is 2. The molecule has 0 saturated heterocycles. The van der Waals surface area contributed by atoms with Crippen LogP contribution in [0.25, 0.3) is 0 Å². The molecule has 2 aromatic rings. The summed E-state index contributed by atoms with van der Waals surface area (Å²) in [5.41, 5.74) is 2.79. The molecule has 2 heterocycles. The highest BCUT2D eigenvalue weighted by Crippen LogP contribution is 2.24. The lowest BCUT2D eigenvalue weighted by Gasteiger charge is -2.28. The molecule has 2 amide bonds. The fourth-order valence-corrected chi connectivity index (χ4v) is 3.78. The minimum absolute atomic E-state index is 0.0378. The highest BCUT2D eigenvalue weighted by molar-refractivity contribution is 5.93. The van der Waals surface area contributed by atoms with Gasteiger partial charge >= 0.3 is 0 Å². The van der Waals surface area contributed by atoms with Gasteiger partial charge < -0.3 is 10.2 Å². The van der Waals surface area contributed by atoms with E-state index in [-0.39, 0.29) is 11.8 Å². The quantitative estimate of drug-likeness (QED) is 0.859. The molecule has 1 aromatic carbocycles. The third-order valence-corrected chi connectivity index (χ3v) is 5.24. The van der Waals surface area contributed by atoms with E-state index in [1.54, 1.807) is 31.5 Å². The lowest BCUT2D eigenvalue weighted by Crippen LogP contribution is -2.35. The molecule has 0 saturated carbocycles. The summed E-state index contributed by atoms with van der Waals surface area (Å²) in [5.74, 6) is 0.0284. The zero-order chi connectivity index (χ0) is 20.5. The first kappa shape index (κ1) is 21.0. The standard InChI is InChI=1S/C23H30N4O2/c1-19(28)27-16-8-4-2-3-7-15-26(17-20-9-5-6-10-22(20)27)18-23(29)25-21-11-13-24-14-12-21/h5-6,9-14H,2-4,7-8,15-18H2,1H3,(H,24,25,29). The van der Waals surface area contributed by atoms with Crippen molar-refractivity contribution in [1.29, 1.82) is 0 Å². The maximum Gasteiger partial charge on any atom is 0.238 e. The summed E-state index contributed by atoms with van der Waals surface area (Å²) in [6, 6.07) is 11.6. The zero-order valence-electron chi connectivity index (χ0n) is 17.1. The second kappa shape index (κ2) is 10.7. The number of anilines is 2. The van der Waals surface area contributed by atoms with Crippen molar-refractivity contribution in [2.24, 2.45) is 0 Å². The predicted octanol–water partition coefficient (Wildman–Crippen LogP) is 3.84. The van der Waals surface area contributed by atoms with E-state index < -0.39 is 0 Å². The van der Waals surface area contributed by atoms with Crippen LogP contribution in [0.1, 0.15) is 44.6 Å². The van der Waals surface area contributed by atoms with Crippen LogP contribution in [0, 0.1) is 0 Å². The molecule has 3 rings (SSSR count). The zero-order valence-corrected chi connectivity index (χ0v) is 17.1. The van der Waals surface area contributed by atoms with E-state index in [9.17, 15) is 9.59 Å². The number of amides is 2. The Labute approximate surface area is 172 Å². The molecule has 154 valence electrons. The van der Waals surface area contributed by atoms with Crippen LogP contribution in [0.2, 0.25) is 0 Å². The maximum absolute atomic E-state index is 12.6. The van der Waals surface area contributed by atoms with Gasteiger partial charge in [-0.1, -0.05) is 37.5 Å². The third kappa shape index (κ3) is 6.39. The van der Waals surface area contributed by atoms with E-state index in [1.165, 1.54) is 0 Å². The van der Waals surface area contributed by atoms with Gasteiger partial charge in [-0.05, 0) is 43.1 Å². The molecule has 0 unspecified atom stereocenters. The Morgan fingerprint density at radius 1 is 0.966 bits per heavy atom. The molecule has 1 N–H and O–H groups in total. The van der Waals surface area contributed by atoms with Gasteiger partial charge in [-0.3, -0.25) is 19.5 Å². The van der Waals surface area contributed by atoms with Crippen molar-refractivity contribution in [3.05, 3.63) is 54.4 Å². The number of para-hydroxylation sites is 1. The number of pyridine rings is 1. The van der Waals surface area contributed by atoms with Crippen molar-refractivity contribution >= 4 is 23.2 Å². The van der Waals surface area contributed by atoms with Gasteiger partial charge in [0.15, 0.2) is 0 Å². The van der Waals surface area contributed by atoms with Crippen LogP contribution in [0.3, 0.4) is 0 Å². The molecule has 1 aliphatic rings. The van der Waals surface area contributed by atoms with Crippen molar-refractivity contribution in [2.45, 2.75) is 45.6 Å². The Morgan fingerprint density at radius 2 is 1.66 bits per heavy atom. The second-order valence-corrected chi connectivity index (χ2v) is 7.56. The molecule has 0 spiro atoms. The molecule has 0 aliphatic carbocycles. The monoisotopic (exact) mass is 394 g/mol. The minimum Gasteiger partial charge on any atom is -0.325 e. The van der Waals surface area contributed by atoms with Crippen LogP contribution in [0.4, 0.5) is 11.4 Å². The van der Waals surface area contributed by atoms with E-state index in [2.05, 4.69) is 21.3 Å². The molecule has 1 aliphatic heterocycles. The number of hydrogen-bond acceptors (Lipinski definition) is 4. The summed E-state index contributed by atoms with van der Waals surface area (Å²) in [5, 5.41) is 2.94. The number of nitrogens with one attached hydrogen (secondary N) is 1. The largest absolute Gasteiger partial charge is 0.325 e. The topological polar surface area (TPSA) is 65.5 Å². The van der Waals surface area contributed by atoms with Crippen molar-refractivity contribution in [2.75, 3.05) is 29.9 Å². The van der Waals surface area contributed by atoms with Gasteiger partial charge in [0.1, 0.15) is 0 Å². The number of nitrogens with zero attached hydrogens (tertiary/aromatic N) is 3. The van der Waals surface area contributed by atoms with E-state index >= 15 is 0 Å². The Morgan fingerprint density at radius 3 is 2.41 bits per heavy atom. The van der Waals surface area contributed by atoms with Gasteiger partial charge in [-0.2, -0.15) is 0 Å². The van der Waals surface area contributed by atoms with E-state index in [0.29, 0.717) is 13.1 Å². The summed E-state index contributed by atoms with van der Waals surface area (Å²) < 4.78 is 0. The minimum atomic E-state index is -0.0378. The van der Waals surface area contributed by atoms with Gasteiger partial charge in [-0.25, -0.2) is 0 Å². The van der Waals surface area contributed by atoms with E-state index in [4.69, 9.17) is 0 Å². The molecule has 6 nitrogen and oxygen atoms in total. The molecule has 0 atom stereocenters. The van der Waals surface area contributed by atoms with Crippen molar-refractivity contribution in [3.8, 4) is 0 Å². The summed E-state index contributed by atoms with van der Waals surface area (Å²) in [6.07, 6.45) is 8.84. The molecular formula is C23H30N4O2. The van der Waals surface area contributed by atoms with Crippen molar-refractivity contribution in [1.82, 2.24) is 9.88 Å². The van der Waals surface area contributed by atoms with E-state index in [1.807, 2.05) is 23.1 Å². The number of rotatable bonds is 3. The smallest absolute Gasteiger partial charge is 0.238 e. The normalized spacial score (nSPS) is 16.2. The van der Waals surface area contributed by atoms with Gasteiger partial charge in [-0.15, -0.1) is 0 Å². The number of carbonyl (C=O) groups excluding carboxylic acids is 2. The number of aromatic nitrogens is 1.